The Labute approximate surface area is 241 Å². The molecule has 1 aliphatic rings. The Kier molecular flexibility index (Phi) is 11.5. The molecule has 0 spiro atoms. The molecular formula is C34H50N2O4. The van der Waals surface area contributed by atoms with E-state index in [-0.39, 0.29) is 5.91 Å². The van der Waals surface area contributed by atoms with Crippen molar-refractivity contribution in [2.75, 3.05) is 13.1 Å². The van der Waals surface area contributed by atoms with E-state index in [9.17, 15) is 9.59 Å². The van der Waals surface area contributed by atoms with Gasteiger partial charge in [0.1, 0.15) is 24.0 Å². The molecule has 1 aliphatic heterocycles. The molecule has 1 N–H and O–H groups in total. The van der Waals surface area contributed by atoms with Crippen LogP contribution in [0.15, 0.2) is 48.5 Å². The fraction of sp³-hybridized carbons (Fsp3) is 0.588. The molecule has 0 radical (unpaired) electrons. The van der Waals surface area contributed by atoms with Crippen LogP contribution in [-0.4, -0.2) is 35.6 Å². The smallest absolute Gasteiger partial charge is 0.411 e. The molecule has 2 aromatic carbocycles. The highest BCUT2D eigenvalue weighted by atomic mass is 16.6. The van der Waals surface area contributed by atoms with Gasteiger partial charge in [-0.15, -0.1) is 0 Å². The van der Waals surface area contributed by atoms with Crippen LogP contribution in [0, 0.1) is 17.8 Å². The summed E-state index contributed by atoms with van der Waals surface area (Å²) >= 11 is 0. The van der Waals surface area contributed by atoms with Gasteiger partial charge in [0.2, 0.25) is 5.91 Å². The SMILES string of the molecule is CC(C)CCC(CCCNC(=O)[C@@H]1c2ccc(OCc3ccccc3)cc2CCN1C(=O)OC(C)(C)C)C(C)C. The van der Waals surface area contributed by atoms with Crippen molar-refractivity contribution in [3.05, 3.63) is 65.2 Å². The zero-order valence-electron chi connectivity index (χ0n) is 25.7. The Morgan fingerprint density at radius 2 is 1.73 bits per heavy atom. The third-order valence-corrected chi connectivity index (χ3v) is 7.58. The lowest BCUT2D eigenvalue weighted by atomic mass is 9.85. The Morgan fingerprint density at radius 3 is 2.38 bits per heavy atom. The average molecular weight is 551 g/mol. The highest BCUT2D eigenvalue weighted by Crippen LogP contribution is 2.34. The van der Waals surface area contributed by atoms with Gasteiger partial charge in [-0.2, -0.15) is 0 Å². The minimum atomic E-state index is -0.733. The van der Waals surface area contributed by atoms with Crippen LogP contribution in [0.4, 0.5) is 4.79 Å². The van der Waals surface area contributed by atoms with Gasteiger partial charge in [-0.25, -0.2) is 4.79 Å². The van der Waals surface area contributed by atoms with Gasteiger partial charge in [-0.1, -0.05) is 70.5 Å². The van der Waals surface area contributed by atoms with Crippen LogP contribution in [0.25, 0.3) is 0 Å². The maximum atomic E-state index is 13.6. The molecule has 1 unspecified atom stereocenters. The molecule has 0 fully saturated rings. The molecular weight excluding hydrogens is 500 g/mol. The largest absolute Gasteiger partial charge is 0.489 e. The lowest BCUT2D eigenvalue weighted by Crippen LogP contribution is -2.49. The summed E-state index contributed by atoms with van der Waals surface area (Å²) in [5, 5.41) is 3.14. The number of hydrogen-bond acceptors (Lipinski definition) is 4. The number of hydrogen-bond donors (Lipinski definition) is 1. The van der Waals surface area contributed by atoms with E-state index >= 15 is 0 Å². The first kappa shape index (κ1) is 31.5. The molecule has 6 nitrogen and oxygen atoms in total. The summed E-state index contributed by atoms with van der Waals surface area (Å²) in [5.41, 5.74) is 2.31. The molecule has 6 heteroatoms. The predicted molar refractivity (Wildman–Crippen MR) is 161 cm³/mol. The second kappa shape index (κ2) is 14.6. The Hall–Kier alpha value is -3.02. The number of amides is 2. The van der Waals surface area contributed by atoms with Crippen LogP contribution in [0.3, 0.4) is 0 Å². The van der Waals surface area contributed by atoms with Crippen LogP contribution in [0.2, 0.25) is 0 Å². The van der Waals surface area contributed by atoms with Crippen LogP contribution in [-0.2, 0) is 22.6 Å². The predicted octanol–water partition coefficient (Wildman–Crippen LogP) is 7.70. The summed E-state index contributed by atoms with van der Waals surface area (Å²) in [4.78, 5) is 28.4. The molecule has 0 saturated carbocycles. The molecule has 0 bridgehead atoms. The summed E-state index contributed by atoms with van der Waals surface area (Å²) < 4.78 is 11.7. The number of rotatable bonds is 12. The lowest BCUT2D eigenvalue weighted by Gasteiger charge is -2.37. The van der Waals surface area contributed by atoms with Crippen molar-refractivity contribution in [3.63, 3.8) is 0 Å². The Morgan fingerprint density at radius 1 is 1.00 bits per heavy atom. The van der Waals surface area contributed by atoms with E-state index in [1.54, 1.807) is 4.90 Å². The van der Waals surface area contributed by atoms with E-state index in [0.29, 0.717) is 43.9 Å². The molecule has 3 rings (SSSR count). The summed E-state index contributed by atoms with van der Waals surface area (Å²) in [6.45, 7) is 16.1. The molecule has 0 saturated heterocycles. The van der Waals surface area contributed by atoms with Crippen LogP contribution >= 0.6 is 0 Å². The van der Waals surface area contributed by atoms with Crippen molar-refractivity contribution in [2.24, 2.45) is 17.8 Å². The van der Waals surface area contributed by atoms with E-state index in [0.717, 1.165) is 35.3 Å². The molecule has 0 aliphatic carbocycles. The monoisotopic (exact) mass is 550 g/mol. The van der Waals surface area contributed by atoms with E-state index in [2.05, 4.69) is 33.0 Å². The minimum absolute atomic E-state index is 0.159. The average Bonchev–Trinajstić information content (AvgIpc) is 2.89. The number of nitrogens with zero attached hydrogens (tertiary/aromatic N) is 1. The van der Waals surface area contributed by atoms with Crippen LogP contribution in [0.5, 0.6) is 5.75 Å². The molecule has 40 heavy (non-hydrogen) atoms. The van der Waals surface area contributed by atoms with Gasteiger partial charge in [0.15, 0.2) is 0 Å². The molecule has 0 aromatic heterocycles. The van der Waals surface area contributed by atoms with E-state index < -0.39 is 17.7 Å². The number of carbonyl (C=O) groups excluding carboxylic acids is 2. The summed E-state index contributed by atoms with van der Waals surface area (Å²) in [5.74, 6) is 2.58. The van der Waals surface area contributed by atoms with E-state index in [4.69, 9.17) is 9.47 Å². The quantitative estimate of drug-likeness (QED) is 0.275. The topological polar surface area (TPSA) is 67.9 Å². The maximum Gasteiger partial charge on any atom is 0.411 e. The van der Waals surface area contributed by atoms with Crippen molar-refractivity contribution < 1.29 is 19.1 Å². The van der Waals surface area contributed by atoms with Gasteiger partial charge in [-0.3, -0.25) is 9.69 Å². The van der Waals surface area contributed by atoms with Crippen molar-refractivity contribution in [1.29, 1.82) is 0 Å². The zero-order valence-corrected chi connectivity index (χ0v) is 25.7. The Bertz CT molecular complexity index is 1090. The number of carbonyl (C=O) groups is 2. The number of benzene rings is 2. The fourth-order valence-corrected chi connectivity index (χ4v) is 5.26. The first-order valence-corrected chi connectivity index (χ1v) is 15.0. The minimum Gasteiger partial charge on any atom is -0.489 e. The van der Waals surface area contributed by atoms with Gasteiger partial charge >= 0.3 is 6.09 Å². The number of fused-ring (bicyclic) bond motifs is 1. The first-order valence-electron chi connectivity index (χ1n) is 15.0. The van der Waals surface area contributed by atoms with Gasteiger partial charge in [0.25, 0.3) is 0 Å². The van der Waals surface area contributed by atoms with Crippen molar-refractivity contribution in [3.8, 4) is 5.75 Å². The fourth-order valence-electron chi connectivity index (χ4n) is 5.26. The highest BCUT2D eigenvalue weighted by Gasteiger charge is 2.38. The van der Waals surface area contributed by atoms with E-state index in [1.165, 1.54) is 12.8 Å². The van der Waals surface area contributed by atoms with Crippen molar-refractivity contribution in [1.82, 2.24) is 10.2 Å². The Balaban J connectivity index is 1.71. The third kappa shape index (κ3) is 9.57. The highest BCUT2D eigenvalue weighted by molar-refractivity contribution is 5.88. The summed E-state index contributed by atoms with van der Waals surface area (Å²) in [6, 6.07) is 15.1. The second-order valence-corrected chi connectivity index (χ2v) is 12.9. The first-order chi connectivity index (χ1) is 18.9. The van der Waals surface area contributed by atoms with Gasteiger partial charge in [0.05, 0.1) is 0 Å². The molecule has 1 heterocycles. The van der Waals surface area contributed by atoms with Gasteiger partial charge in [0, 0.05) is 13.1 Å². The normalized spacial score (nSPS) is 16.0. The van der Waals surface area contributed by atoms with Gasteiger partial charge in [-0.05, 0) is 93.0 Å². The van der Waals surface area contributed by atoms with E-state index in [1.807, 2.05) is 69.3 Å². The van der Waals surface area contributed by atoms with Crippen molar-refractivity contribution in [2.45, 2.75) is 98.8 Å². The number of nitrogens with one attached hydrogen (secondary N) is 1. The maximum absolute atomic E-state index is 13.6. The molecule has 2 aromatic rings. The number of ether oxygens (including phenoxy) is 2. The summed E-state index contributed by atoms with van der Waals surface area (Å²) in [6.07, 6.45) is 4.63. The molecule has 2 atom stereocenters. The summed E-state index contributed by atoms with van der Waals surface area (Å²) in [7, 11) is 0. The lowest BCUT2D eigenvalue weighted by molar-refractivity contribution is -0.127. The van der Waals surface area contributed by atoms with Crippen molar-refractivity contribution >= 4 is 12.0 Å². The van der Waals surface area contributed by atoms with Crippen LogP contribution in [0.1, 0.15) is 96.9 Å². The molecule has 2 amide bonds. The zero-order chi connectivity index (χ0) is 29.3. The van der Waals surface area contributed by atoms with Crippen LogP contribution < -0.4 is 10.1 Å². The standard InChI is InChI=1S/C34H50N2O4/c1-24(2)15-16-27(25(3)4)14-11-20-35-32(37)31-30-18-17-29(39-23-26-12-9-8-10-13-26)22-28(30)19-21-36(31)33(38)40-34(5,6)7/h8-10,12-13,17-18,22,24-25,27,31H,11,14-16,19-21,23H2,1-7H3,(H,35,37)/t27?,31-/m0/s1. The second-order valence-electron chi connectivity index (χ2n) is 12.9. The molecule has 220 valence electrons. The van der Waals surface area contributed by atoms with Gasteiger partial charge < -0.3 is 14.8 Å². The third-order valence-electron chi connectivity index (χ3n) is 7.58.